The maximum atomic E-state index is 12.5. The fraction of sp³-hybridized carbons (Fsp3) is 0.421. The lowest BCUT2D eigenvalue weighted by Gasteiger charge is -2.22. The largest absolute Gasteiger partial charge is 0.480 e. The number of primary amides is 1. The van der Waals surface area contributed by atoms with Crippen LogP contribution in [-0.4, -0.2) is 64.6 Å². The molecule has 1 aromatic rings. The highest BCUT2D eigenvalue weighted by atomic mass is 32.1. The number of nitrogens with one attached hydrogen (secondary N) is 3. The first-order valence-electron chi connectivity index (χ1n) is 9.37. The lowest BCUT2D eigenvalue weighted by molar-refractivity contribution is -0.141. The zero-order valence-corrected chi connectivity index (χ0v) is 17.8. The summed E-state index contributed by atoms with van der Waals surface area (Å²) in [5.41, 5.74) is 11.9. The normalized spacial score (nSPS) is 14.4. The average Bonchev–Trinajstić information content (AvgIpc) is 2.71. The molecule has 4 atom stereocenters. The van der Waals surface area contributed by atoms with Gasteiger partial charge in [-0.25, -0.2) is 4.79 Å². The average molecular weight is 454 g/mol. The monoisotopic (exact) mass is 453 g/mol. The van der Waals surface area contributed by atoms with Crippen molar-refractivity contribution in [1.82, 2.24) is 16.0 Å². The van der Waals surface area contributed by atoms with Crippen LogP contribution in [0.1, 0.15) is 18.9 Å². The Morgan fingerprint density at radius 3 is 2.06 bits per heavy atom. The minimum absolute atomic E-state index is 0.151. The van der Waals surface area contributed by atoms with E-state index >= 15 is 0 Å². The summed E-state index contributed by atoms with van der Waals surface area (Å²) in [5, 5.41) is 15.9. The van der Waals surface area contributed by atoms with Crippen molar-refractivity contribution in [2.24, 2.45) is 11.5 Å². The molecule has 0 radical (unpaired) electrons. The number of rotatable bonds is 12. The molecule has 4 unspecified atom stereocenters. The van der Waals surface area contributed by atoms with E-state index in [4.69, 9.17) is 16.6 Å². The first-order valence-corrected chi connectivity index (χ1v) is 10.0. The van der Waals surface area contributed by atoms with Crippen molar-refractivity contribution in [3.05, 3.63) is 35.9 Å². The minimum Gasteiger partial charge on any atom is -0.480 e. The van der Waals surface area contributed by atoms with Crippen LogP contribution in [0.3, 0.4) is 0 Å². The van der Waals surface area contributed by atoms with Gasteiger partial charge in [0.25, 0.3) is 0 Å². The van der Waals surface area contributed by atoms with Gasteiger partial charge in [-0.2, -0.15) is 12.6 Å². The maximum absolute atomic E-state index is 12.5. The minimum atomic E-state index is -1.36. The molecule has 31 heavy (non-hydrogen) atoms. The number of carboxylic acids is 1. The molecule has 0 bridgehead atoms. The number of aliphatic carboxylic acids is 1. The highest BCUT2D eigenvalue weighted by molar-refractivity contribution is 7.80. The van der Waals surface area contributed by atoms with E-state index in [1.807, 2.05) is 6.07 Å². The zero-order valence-electron chi connectivity index (χ0n) is 16.9. The van der Waals surface area contributed by atoms with Gasteiger partial charge < -0.3 is 32.5 Å². The van der Waals surface area contributed by atoms with E-state index in [0.29, 0.717) is 0 Å². The number of carbonyl (C=O) groups is 5. The van der Waals surface area contributed by atoms with Gasteiger partial charge in [-0.15, -0.1) is 0 Å². The molecule has 0 spiro atoms. The highest BCUT2D eigenvalue weighted by Gasteiger charge is 2.29. The summed E-state index contributed by atoms with van der Waals surface area (Å²) in [6, 6.07) is 4.23. The number of benzene rings is 1. The molecule has 1 aromatic carbocycles. The Balaban J connectivity index is 2.75. The van der Waals surface area contributed by atoms with Crippen LogP contribution >= 0.6 is 12.6 Å². The second-order valence-corrected chi connectivity index (χ2v) is 7.21. The van der Waals surface area contributed by atoms with Gasteiger partial charge >= 0.3 is 5.97 Å². The number of carboxylic acid groups (broad SMARTS) is 1. The SMILES string of the molecule is CC(NC(=O)C(CC(N)=O)NC(=O)C(N)Cc1ccccc1)C(=O)NC(CS)C(=O)O. The standard InChI is InChI=1S/C19H27N5O6S/c1-10(16(26)24-14(9-31)19(29)30)22-18(28)13(8-15(21)25)23-17(27)12(20)7-11-5-3-2-4-6-11/h2-6,10,12-14,31H,7-9,20H2,1H3,(H2,21,25)(H,22,28)(H,23,27)(H,24,26)(H,29,30). The number of hydrogen-bond donors (Lipinski definition) is 7. The summed E-state index contributed by atoms with van der Waals surface area (Å²) < 4.78 is 0. The van der Waals surface area contributed by atoms with E-state index in [9.17, 15) is 24.0 Å². The van der Waals surface area contributed by atoms with E-state index < -0.39 is 60.2 Å². The van der Waals surface area contributed by atoms with Crippen LogP contribution in [0.4, 0.5) is 0 Å². The summed E-state index contributed by atoms with van der Waals surface area (Å²) in [5.74, 6) is -4.59. The van der Waals surface area contributed by atoms with Crippen molar-refractivity contribution in [3.63, 3.8) is 0 Å². The summed E-state index contributed by atoms with van der Waals surface area (Å²) in [6.45, 7) is 1.31. The molecule has 170 valence electrons. The summed E-state index contributed by atoms with van der Waals surface area (Å²) in [4.78, 5) is 59.4. The van der Waals surface area contributed by atoms with E-state index in [1.54, 1.807) is 24.3 Å². The van der Waals surface area contributed by atoms with Crippen LogP contribution in [0.2, 0.25) is 0 Å². The van der Waals surface area contributed by atoms with Gasteiger partial charge in [0.15, 0.2) is 0 Å². The first kappa shape index (κ1) is 25.9. The molecule has 0 heterocycles. The molecular formula is C19H27N5O6S. The Hall–Kier alpha value is -3.12. The number of nitrogens with two attached hydrogens (primary N) is 2. The van der Waals surface area contributed by atoms with Gasteiger partial charge in [-0.1, -0.05) is 30.3 Å². The van der Waals surface area contributed by atoms with Crippen LogP contribution in [0.15, 0.2) is 30.3 Å². The second kappa shape index (κ2) is 12.5. The molecule has 0 fully saturated rings. The van der Waals surface area contributed by atoms with Crippen LogP contribution in [0.25, 0.3) is 0 Å². The summed E-state index contributed by atoms with van der Waals surface area (Å²) in [7, 11) is 0. The third-order valence-electron chi connectivity index (χ3n) is 4.22. The zero-order chi connectivity index (χ0) is 23.6. The maximum Gasteiger partial charge on any atom is 0.327 e. The van der Waals surface area contributed by atoms with Gasteiger partial charge in [0, 0.05) is 5.75 Å². The Morgan fingerprint density at radius 1 is 0.968 bits per heavy atom. The lowest BCUT2D eigenvalue weighted by atomic mass is 10.1. The van der Waals surface area contributed by atoms with E-state index in [1.165, 1.54) is 6.92 Å². The third-order valence-corrected chi connectivity index (χ3v) is 4.59. The Kier molecular flexibility index (Phi) is 10.5. The predicted molar refractivity (Wildman–Crippen MR) is 115 cm³/mol. The van der Waals surface area contributed by atoms with Crippen molar-refractivity contribution < 1.29 is 29.1 Å². The molecule has 0 aliphatic rings. The first-order chi connectivity index (χ1) is 14.5. The molecule has 0 saturated heterocycles. The van der Waals surface area contributed by atoms with Crippen molar-refractivity contribution in [3.8, 4) is 0 Å². The fourth-order valence-electron chi connectivity index (χ4n) is 2.51. The lowest BCUT2D eigenvalue weighted by Crippen LogP contribution is -2.57. The van der Waals surface area contributed by atoms with E-state index in [0.717, 1.165) is 5.56 Å². The number of thiol groups is 1. The molecule has 1 rings (SSSR count). The molecule has 0 aliphatic carbocycles. The smallest absolute Gasteiger partial charge is 0.327 e. The number of hydrogen-bond acceptors (Lipinski definition) is 7. The molecular weight excluding hydrogens is 426 g/mol. The molecule has 11 nitrogen and oxygen atoms in total. The Bertz CT molecular complexity index is 806. The second-order valence-electron chi connectivity index (χ2n) is 6.84. The van der Waals surface area contributed by atoms with Crippen LogP contribution in [0.5, 0.6) is 0 Å². The van der Waals surface area contributed by atoms with Crippen molar-refractivity contribution in [2.75, 3.05) is 5.75 Å². The molecule has 12 heteroatoms. The third kappa shape index (κ3) is 9.05. The highest BCUT2D eigenvalue weighted by Crippen LogP contribution is 2.03. The molecule has 0 aromatic heterocycles. The number of amides is 4. The summed E-state index contributed by atoms with van der Waals surface area (Å²) in [6.07, 6.45) is -0.310. The predicted octanol–water partition coefficient (Wildman–Crippen LogP) is -2.08. The summed E-state index contributed by atoms with van der Waals surface area (Å²) >= 11 is 3.84. The van der Waals surface area contributed by atoms with Crippen molar-refractivity contribution >= 4 is 42.2 Å². The number of carbonyl (C=O) groups excluding carboxylic acids is 4. The van der Waals surface area contributed by atoms with Gasteiger partial charge in [-0.3, -0.25) is 19.2 Å². The molecule has 4 amide bonds. The van der Waals surface area contributed by atoms with E-state index in [-0.39, 0.29) is 12.2 Å². The molecule has 0 saturated carbocycles. The van der Waals surface area contributed by atoms with Crippen LogP contribution in [0, 0.1) is 0 Å². The Morgan fingerprint density at radius 2 is 1.55 bits per heavy atom. The van der Waals surface area contributed by atoms with Crippen molar-refractivity contribution in [1.29, 1.82) is 0 Å². The fourth-order valence-corrected chi connectivity index (χ4v) is 2.76. The van der Waals surface area contributed by atoms with Crippen molar-refractivity contribution in [2.45, 2.75) is 43.9 Å². The molecule has 0 aliphatic heterocycles. The quantitative estimate of drug-likeness (QED) is 0.176. The molecule has 8 N–H and O–H groups in total. The van der Waals surface area contributed by atoms with E-state index in [2.05, 4.69) is 28.6 Å². The van der Waals surface area contributed by atoms with Gasteiger partial charge in [0.1, 0.15) is 18.1 Å². The van der Waals surface area contributed by atoms with Gasteiger partial charge in [0.2, 0.25) is 23.6 Å². The van der Waals surface area contributed by atoms with Gasteiger partial charge in [-0.05, 0) is 18.9 Å². The Labute approximate surface area is 184 Å². The topological polar surface area (TPSA) is 194 Å². The van der Waals surface area contributed by atoms with Crippen LogP contribution < -0.4 is 27.4 Å². The van der Waals surface area contributed by atoms with Crippen LogP contribution in [-0.2, 0) is 30.4 Å². The van der Waals surface area contributed by atoms with Gasteiger partial charge in [0.05, 0.1) is 12.5 Å².